The van der Waals surface area contributed by atoms with Crippen LogP contribution in [0.3, 0.4) is 0 Å². The maximum absolute atomic E-state index is 13.5. The third-order valence-corrected chi connectivity index (χ3v) is 2.30. The van der Waals surface area contributed by atoms with E-state index in [2.05, 4.69) is 9.72 Å². The van der Waals surface area contributed by atoms with Crippen LogP contribution in [-0.2, 0) is 0 Å². The van der Waals surface area contributed by atoms with Gasteiger partial charge in [-0.05, 0) is 17.7 Å². The number of benzene rings is 1. The minimum Gasteiger partial charge on any atom is -0.446 e. The number of hydrogen-bond donors (Lipinski definition) is 1. The van der Waals surface area contributed by atoms with Crippen LogP contribution in [0.1, 0.15) is 17.4 Å². The standard InChI is InChI=1S/C11H8F4N2O2/c12-7-3-6(10(16)9-4-17-5-18-9)1-2-8(7)19-11(13,14)15/h1-5,10H,16H2/t10-/m0/s1. The van der Waals surface area contributed by atoms with Gasteiger partial charge in [0.1, 0.15) is 5.76 Å². The van der Waals surface area contributed by atoms with Gasteiger partial charge in [0, 0.05) is 0 Å². The van der Waals surface area contributed by atoms with Gasteiger partial charge < -0.3 is 14.9 Å². The van der Waals surface area contributed by atoms with E-state index >= 15 is 0 Å². The maximum Gasteiger partial charge on any atom is 0.573 e. The van der Waals surface area contributed by atoms with E-state index in [1.807, 2.05) is 0 Å². The van der Waals surface area contributed by atoms with Gasteiger partial charge in [0.15, 0.2) is 18.0 Å². The van der Waals surface area contributed by atoms with E-state index in [0.717, 1.165) is 18.5 Å². The molecule has 4 nitrogen and oxygen atoms in total. The molecule has 1 atom stereocenters. The molecular formula is C11H8F4N2O2. The number of halogens is 4. The molecule has 0 unspecified atom stereocenters. The molecule has 0 amide bonds. The summed E-state index contributed by atoms with van der Waals surface area (Å²) < 4.78 is 57.8. The van der Waals surface area contributed by atoms with E-state index in [4.69, 9.17) is 10.2 Å². The first-order valence-corrected chi connectivity index (χ1v) is 5.06. The molecule has 0 aliphatic carbocycles. The van der Waals surface area contributed by atoms with Gasteiger partial charge in [-0.2, -0.15) is 0 Å². The molecule has 0 spiro atoms. The Hall–Kier alpha value is -2.09. The number of hydrogen-bond acceptors (Lipinski definition) is 4. The fraction of sp³-hybridized carbons (Fsp3) is 0.182. The van der Waals surface area contributed by atoms with Crippen molar-refractivity contribution in [1.82, 2.24) is 4.98 Å². The number of alkyl halides is 3. The van der Waals surface area contributed by atoms with Crippen molar-refractivity contribution in [3.63, 3.8) is 0 Å². The molecule has 2 N–H and O–H groups in total. The summed E-state index contributed by atoms with van der Waals surface area (Å²) in [5.41, 5.74) is 5.98. The fourth-order valence-electron chi connectivity index (χ4n) is 1.46. The largest absolute Gasteiger partial charge is 0.573 e. The van der Waals surface area contributed by atoms with E-state index in [9.17, 15) is 17.6 Å². The van der Waals surface area contributed by atoms with Gasteiger partial charge in [0.25, 0.3) is 0 Å². The molecule has 2 rings (SSSR count). The molecule has 0 bridgehead atoms. The zero-order valence-electron chi connectivity index (χ0n) is 9.32. The molecule has 0 fully saturated rings. The Morgan fingerprint density at radius 2 is 2.05 bits per heavy atom. The molecule has 0 radical (unpaired) electrons. The highest BCUT2D eigenvalue weighted by Crippen LogP contribution is 2.28. The van der Waals surface area contributed by atoms with Gasteiger partial charge >= 0.3 is 6.36 Å². The minimum atomic E-state index is -4.95. The molecule has 0 aliphatic heterocycles. The summed E-state index contributed by atoms with van der Waals surface area (Å²) in [5.74, 6) is -1.81. The number of oxazole rings is 1. The highest BCUT2D eigenvalue weighted by Gasteiger charge is 2.32. The van der Waals surface area contributed by atoms with Crippen molar-refractivity contribution in [3.8, 4) is 5.75 Å². The van der Waals surface area contributed by atoms with Gasteiger partial charge in [-0.25, -0.2) is 9.37 Å². The molecule has 1 aromatic carbocycles. The molecule has 0 aliphatic rings. The highest BCUT2D eigenvalue weighted by atomic mass is 19.4. The lowest BCUT2D eigenvalue weighted by molar-refractivity contribution is -0.275. The average molecular weight is 276 g/mol. The van der Waals surface area contributed by atoms with Crippen LogP contribution in [-0.4, -0.2) is 11.3 Å². The number of ether oxygens (including phenoxy) is 1. The Morgan fingerprint density at radius 3 is 2.58 bits per heavy atom. The summed E-state index contributed by atoms with van der Waals surface area (Å²) in [7, 11) is 0. The third kappa shape index (κ3) is 3.22. The molecule has 1 heterocycles. The Balaban J connectivity index is 2.24. The van der Waals surface area contributed by atoms with Crippen molar-refractivity contribution in [1.29, 1.82) is 0 Å². The first kappa shape index (κ1) is 13.3. The topological polar surface area (TPSA) is 61.3 Å². The van der Waals surface area contributed by atoms with Crippen LogP contribution in [0.5, 0.6) is 5.75 Å². The molecule has 8 heteroatoms. The zero-order valence-corrected chi connectivity index (χ0v) is 9.32. The lowest BCUT2D eigenvalue weighted by Gasteiger charge is -2.12. The second-order valence-corrected chi connectivity index (χ2v) is 3.62. The number of aromatic nitrogens is 1. The predicted molar refractivity (Wildman–Crippen MR) is 55.6 cm³/mol. The summed E-state index contributed by atoms with van der Waals surface area (Å²) in [4.78, 5) is 3.64. The Bertz CT molecular complexity index is 554. The van der Waals surface area contributed by atoms with Crippen LogP contribution in [0.25, 0.3) is 0 Å². The minimum absolute atomic E-state index is 0.240. The second kappa shape index (κ2) is 4.88. The first-order valence-electron chi connectivity index (χ1n) is 5.06. The molecule has 1 aromatic heterocycles. The van der Waals surface area contributed by atoms with Crippen molar-refractivity contribution in [2.24, 2.45) is 5.73 Å². The van der Waals surface area contributed by atoms with Crippen LogP contribution in [0.4, 0.5) is 17.6 Å². The van der Waals surface area contributed by atoms with Gasteiger partial charge in [-0.15, -0.1) is 13.2 Å². The van der Waals surface area contributed by atoms with E-state index < -0.39 is 24.0 Å². The lowest BCUT2D eigenvalue weighted by Crippen LogP contribution is -2.18. The summed E-state index contributed by atoms with van der Waals surface area (Å²) in [6.07, 6.45) is -2.47. The SMILES string of the molecule is N[C@@H](c1ccc(OC(F)(F)F)c(F)c1)c1cnco1. The number of nitrogens with two attached hydrogens (primary N) is 1. The molecular weight excluding hydrogens is 268 g/mol. The Labute approximate surface area is 104 Å². The van der Waals surface area contributed by atoms with Gasteiger partial charge in [-0.3, -0.25) is 0 Å². The molecule has 102 valence electrons. The quantitative estimate of drug-likeness (QED) is 0.876. The highest BCUT2D eigenvalue weighted by molar-refractivity contribution is 5.33. The molecule has 0 saturated heterocycles. The van der Waals surface area contributed by atoms with Crippen molar-refractivity contribution < 1.29 is 26.7 Å². The van der Waals surface area contributed by atoms with E-state index in [1.54, 1.807) is 0 Å². The van der Waals surface area contributed by atoms with Crippen LogP contribution in [0.2, 0.25) is 0 Å². The van der Waals surface area contributed by atoms with Crippen molar-refractivity contribution in [2.75, 3.05) is 0 Å². The summed E-state index contributed by atoms with van der Waals surface area (Å²) in [6, 6.07) is 2.11. The van der Waals surface area contributed by atoms with Crippen molar-refractivity contribution in [3.05, 3.63) is 47.9 Å². The lowest BCUT2D eigenvalue weighted by atomic mass is 10.1. The first-order chi connectivity index (χ1) is 8.87. The number of rotatable bonds is 3. The van der Waals surface area contributed by atoms with E-state index in [0.29, 0.717) is 0 Å². The average Bonchev–Trinajstić information content (AvgIpc) is 2.82. The van der Waals surface area contributed by atoms with E-state index in [-0.39, 0.29) is 11.3 Å². The molecule has 2 aromatic rings. The van der Waals surface area contributed by atoms with Crippen LogP contribution in [0.15, 0.2) is 35.2 Å². The summed E-state index contributed by atoms with van der Waals surface area (Å²) >= 11 is 0. The van der Waals surface area contributed by atoms with Gasteiger partial charge in [0.05, 0.1) is 12.2 Å². The van der Waals surface area contributed by atoms with E-state index in [1.165, 1.54) is 12.3 Å². The molecule has 19 heavy (non-hydrogen) atoms. The Kier molecular flexibility index (Phi) is 3.43. The third-order valence-electron chi connectivity index (χ3n) is 2.30. The fourth-order valence-corrected chi connectivity index (χ4v) is 1.46. The normalized spacial score (nSPS) is 13.3. The maximum atomic E-state index is 13.5. The number of nitrogens with zero attached hydrogens (tertiary/aromatic N) is 1. The van der Waals surface area contributed by atoms with Crippen molar-refractivity contribution in [2.45, 2.75) is 12.4 Å². The zero-order chi connectivity index (χ0) is 14.0. The second-order valence-electron chi connectivity index (χ2n) is 3.62. The van der Waals surface area contributed by atoms with Gasteiger partial charge in [0.2, 0.25) is 0 Å². The van der Waals surface area contributed by atoms with Gasteiger partial charge in [-0.1, -0.05) is 6.07 Å². The van der Waals surface area contributed by atoms with Crippen LogP contribution < -0.4 is 10.5 Å². The summed E-state index contributed by atoms with van der Waals surface area (Å²) in [6.45, 7) is 0. The summed E-state index contributed by atoms with van der Waals surface area (Å²) in [5, 5.41) is 0. The van der Waals surface area contributed by atoms with Crippen LogP contribution in [0, 0.1) is 5.82 Å². The Morgan fingerprint density at radius 1 is 1.32 bits per heavy atom. The van der Waals surface area contributed by atoms with Crippen LogP contribution >= 0.6 is 0 Å². The van der Waals surface area contributed by atoms with Crippen molar-refractivity contribution >= 4 is 0 Å². The smallest absolute Gasteiger partial charge is 0.446 e. The monoisotopic (exact) mass is 276 g/mol. The molecule has 0 saturated carbocycles. The predicted octanol–water partition coefficient (Wildman–Crippen LogP) is 2.76.